The van der Waals surface area contributed by atoms with Gasteiger partial charge in [0.15, 0.2) is 37.2 Å². The smallest absolute Gasteiger partial charge is 0.726 e. The summed E-state index contributed by atoms with van der Waals surface area (Å²) in [5.74, 6) is 0. The summed E-state index contributed by atoms with van der Waals surface area (Å²) in [5.41, 5.74) is 0. The Kier molecular flexibility index (Phi) is 21.9. The maximum Gasteiger partial charge on any atom is 1.00 e. The van der Waals surface area contributed by atoms with E-state index in [1.807, 2.05) is 0 Å². The summed E-state index contributed by atoms with van der Waals surface area (Å²) >= 11 is 0. The van der Waals surface area contributed by atoms with Gasteiger partial charge in [-0.2, -0.15) is 0 Å². The Bertz CT molecular complexity index is 1340. The molecule has 0 saturated carbocycles. The Balaban J connectivity index is 0.00000768. The average molecular weight is 805 g/mol. The van der Waals surface area contributed by atoms with Gasteiger partial charge >= 0.3 is 88.7 Å². The van der Waals surface area contributed by atoms with Gasteiger partial charge in [0.2, 0.25) is 31.2 Å². The molecule has 15 atom stereocenters. The molecule has 0 unspecified atom stereocenters. The van der Waals surface area contributed by atoms with Crippen molar-refractivity contribution in [1.82, 2.24) is 0 Å². The molecular formula is C21H35Na3O22S3. The summed E-state index contributed by atoms with van der Waals surface area (Å²) in [6.45, 7) is 5.21. The third-order valence-corrected chi connectivity index (χ3v) is 8.43. The fourth-order valence-corrected chi connectivity index (χ4v) is 6.32. The molecule has 0 spiro atoms. The Morgan fingerprint density at radius 1 is 0.531 bits per heavy atom. The first-order valence-corrected chi connectivity index (χ1v) is 17.6. The van der Waals surface area contributed by atoms with Gasteiger partial charge in [-0.1, -0.05) is 6.92 Å². The monoisotopic (exact) mass is 804 g/mol. The van der Waals surface area contributed by atoms with Crippen LogP contribution >= 0.6 is 0 Å². The van der Waals surface area contributed by atoms with Gasteiger partial charge in [-0.15, -0.1) is 0 Å². The molecule has 3 fully saturated rings. The first-order chi connectivity index (χ1) is 21.0. The van der Waals surface area contributed by atoms with Crippen LogP contribution in [-0.2, 0) is 72.2 Å². The standard InChI is InChI=1S/C21H38O22S3.3Na/c1-5-6-35-19-17(42-45(29,30)31)14(11(23)8(3)36-19)40-21-18(43-46(32,33)34)15(12(24)9(4)38-21)39-20-16(41-44(26,27)28)13(25)10(22)7(2)37-20;;;/h7-25H,5-6H2,1-4H3,(H,26,27,28)(H,29,30,31)(H,32,33,34);;;/q;3*+1/p-3/t7-,8-,9-,10+,11+,12+,13+,14+,15+,16-,17-,18-,19+,20-,21-;;;/m0.../s1. The molecule has 0 aliphatic carbocycles. The van der Waals surface area contributed by atoms with Crippen LogP contribution in [0.15, 0.2) is 0 Å². The number of rotatable bonds is 13. The molecular weight excluding hydrogens is 769 g/mol. The molecule has 3 saturated heterocycles. The van der Waals surface area contributed by atoms with E-state index in [4.69, 9.17) is 28.4 Å². The van der Waals surface area contributed by atoms with Crippen LogP contribution in [0, 0.1) is 0 Å². The predicted molar refractivity (Wildman–Crippen MR) is 137 cm³/mol. The van der Waals surface area contributed by atoms with Gasteiger partial charge in [-0.3, -0.25) is 12.5 Å². The molecule has 49 heavy (non-hydrogen) atoms. The van der Waals surface area contributed by atoms with Gasteiger partial charge in [0.05, 0.1) is 18.3 Å². The van der Waals surface area contributed by atoms with Crippen molar-refractivity contribution in [3.05, 3.63) is 0 Å². The van der Waals surface area contributed by atoms with E-state index in [0.717, 1.165) is 6.92 Å². The minimum atomic E-state index is -5.77. The molecule has 0 aromatic heterocycles. The Hall–Kier alpha value is 2.21. The van der Waals surface area contributed by atoms with Crippen LogP contribution in [0.1, 0.15) is 34.1 Å². The SMILES string of the molecule is CCCO[C@@H]1O[C@@H](C)[C@@H](O)[C@@H](O[C@@H]2O[C@@H](C)[C@@H](O)[C@@H](O[C@@H]3O[C@@H](C)[C@@H](O)[C@@H](O)[C@@H]3OS(=O)(=O)[O-])[C@@H]2OS(=O)(=O)[O-])[C@@H]1OS(=O)(=O)[O-].[Na+].[Na+].[Na+]. The normalized spacial score (nSPS) is 40.3. The summed E-state index contributed by atoms with van der Waals surface area (Å²) in [4.78, 5) is 0. The van der Waals surface area contributed by atoms with Crippen LogP contribution in [0.3, 0.4) is 0 Å². The first kappa shape index (κ1) is 51.2. The number of aliphatic hydroxyl groups excluding tert-OH is 4. The molecule has 3 aliphatic heterocycles. The number of ether oxygens (including phenoxy) is 6. The number of aliphatic hydroxyl groups is 4. The van der Waals surface area contributed by atoms with Gasteiger partial charge < -0.3 is 62.5 Å². The molecule has 28 heteroatoms. The molecule has 3 rings (SSSR count). The topological polar surface area (TPSA) is 336 Å². The zero-order chi connectivity index (χ0) is 34.9. The summed E-state index contributed by atoms with van der Waals surface area (Å²) in [7, 11) is -17.0. The Morgan fingerprint density at radius 3 is 1.24 bits per heavy atom. The van der Waals surface area contributed by atoms with Crippen molar-refractivity contribution < 1.29 is 189 Å². The minimum absolute atomic E-state index is 0. The van der Waals surface area contributed by atoms with E-state index in [0.29, 0.717) is 6.42 Å². The molecule has 22 nitrogen and oxygen atoms in total. The number of hydrogen-bond donors (Lipinski definition) is 4. The van der Waals surface area contributed by atoms with Crippen LogP contribution in [0.25, 0.3) is 0 Å². The van der Waals surface area contributed by atoms with Gasteiger partial charge in [-0.05, 0) is 27.2 Å². The minimum Gasteiger partial charge on any atom is -0.726 e. The van der Waals surface area contributed by atoms with E-state index < -0.39 is 123 Å². The molecule has 0 amide bonds. The van der Waals surface area contributed by atoms with Gasteiger partial charge in [0, 0.05) is 6.61 Å². The molecule has 0 aromatic rings. The summed E-state index contributed by atoms with van der Waals surface area (Å²) in [6.07, 6.45) is -28.6. The van der Waals surface area contributed by atoms with Gasteiger partial charge in [0.25, 0.3) is 0 Å². The quantitative estimate of drug-likeness (QED) is 0.0763. The fraction of sp³-hybridized carbons (Fsp3) is 1.00. The van der Waals surface area contributed by atoms with E-state index in [9.17, 15) is 59.3 Å². The van der Waals surface area contributed by atoms with Crippen molar-refractivity contribution in [2.75, 3.05) is 6.61 Å². The van der Waals surface area contributed by atoms with Crippen LogP contribution < -0.4 is 88.7 Å². The molecule has 3 aliphatic rings. The maximum absolute atomic E-state index is 11.8. The van der Waals surface area contributed by atoms with Crippen molar-refractivity contribution in [3.63, 3.8) is 0 Å². The molecule has 4 N–H and O–H groups in total. The average Bonchev–Trinajstić information content (AvgIpc) is 2.91. The molecule has 0 radical (unpaired) electrons. The van der Waals surface area contributed by atoms with Crippen molar-refractivity contribution in [2.24, 2.45) is 0 Å². The fourth-order valence-electron chi connectivity index (χ4n) is 4.90. The summed E-state index contributed by atoms with van der Waals surface area (Å²) in [6, 6.07) is 0. The van der Waals surface area contributed by atoms with E-state index in [1.54, 1.807) is 6.92 Å². The predicted octanol–water partition coefficient (Wildman–Crippen LogP) is -13.6. The van der Waals surface area contributed by atoms with E-state index in [1.165, 1.54) is 13.8 Å². The summed E-state index contributed by atoms with van der Waals surface area (Å²) in [5, 5.41) is 42.3. The van der Waals surface area contributed by atoms with Crippen LogP contribution in [0.2, 0.25) is 0 Å². The third-order valence-electron chi connectivity index (χ3n) is 7.06. The third kappa shape index (κ3) is 14.7. The zero-order valence-corrected chi connectivity index (χ0v) is 35.9. The molecule has 272 valence electrons. The second-order valence-corrected chi connectivity index (χ2v) is 13.6. The van der Waals surface area contributed by atoms with Crippen LogP contribution in [0.4, 0.5) is 0 Å². The second-order valence-electron chi connectivity index (χ2n) is 10.6. The van der Waals surface area contributed by atoms with Crippen LogP contribution in [-0.4, -0.2) is 158 Å². The van der Waals surface area contributed by atoms with E-state index in [-0.39, 0.29) is 95.3 Å². The molecule has 0 bridgehead atoms. The Morgan fingerprint density at radius 2 is 0.857 bits per heavy atom. The zero-order valence-electron chi connectivity index (χ0n) is 27.4. The van der Waals surface area contributed by atoms with E-state index in [2.05, 4.69) is 12.5 Å². The van der Waals surface area contributed by atoms with Crippen molar-refractivity contribution in [1.29, 1.82) is 0 Å². The first-order valence-electron chi connectivity index (χ1n) is 13.6. The van der Waals surface area contributed by atoms with Crippen molar-refractivity contribution >= 4 is 31.2 Å². The van der Waals surface area contributed by atoms with Gasteiger partial charge in [-0.25, -0.2) is 25.3 Å². The summed E-state index contributed by atoms with van der Waals surface area (Å²) < 4.78 is 150. The maximum atomic E-state index is 11.8. The number of hydrogen-bond acceptors (Lipinski definition) is 22. The Labute approximate surface area is 349 Å². The molecule has 3 heterocycles. The van der Waals surface area contributed by atoms with Crippen molar-refractivity contribution in [2.45, 2.75) is 126 Å². The van der Waals surface area contributed by atoms with E-state index >= 15 is 0 Å². The van der Waals surface area contributed by atoms with Crippen LogP contribution in [0.5, 0.6) is 0 Å². The van der Waals surface area contributed by atoms with Crippen molar-refractivity contribution in [3.8, 4) is 0 Å². The second kappa shape index (κ2) is 20.9. The molecule has 0 aromatic carbocycles. The van der Waals surface area contributed by atoms with Gasteiger partial charge in [0.1, 0.15) is 36.6 Å². The largest absolute Gasteiger partial charge is 1.00 e.